The highest BCUT2D eigenvalue weighted by atomic mass is 16.2. The van der Waals surface area contributed by atoms with Crippen LogP contribution in [0.25, 0.3) is 28.2 Å². The monoisotopic (exact) mass is 385 g/mol. The van der Waals surface area contributed by atoms with Crippen molar-refractivity contribution >= 4 is 23.1 Å². The molecule has 4 aromatic rings. The summed E-state index contributed by atoms with van der Waals surface area (Å²) in [5.41, 5.74) is 5.22. The summed E-state index contributed by atoms with van der Waals surface area (Å²) in [5.74, 6) is -0.275. The van der Waals surface area contributed by atoms with Crippen LogP contribution >= 0.6 is 0 Å². The Morgan fingerprint density at radius 2 is 1.76 bits per heavy atom. The quantitative estimate of drug-likeness (QED) is 0.564. The van der Waals surface area contributed by atoms with E-state index in [4.69, 9.17) is 5.10 Å². The first-order valence-corrected chi connectivity index (χ1v) is 9.10. The summed E-state index contributed by atoms with van der Waals surface area (Å²) in [6.07, 6.45) is 1.75. The second-order valence-corrected chi connectivity index (χ2v) is 6.55. The Kier molecular flexibility index (Phi) is 4.78. The maximum atomic E-state index is 11.9. The number of rotatable bonds is 4. The van der Waals surface area contributed by atoms with Crippen LogP contribution < -0.4 is 10.6 Å². The van der Waals surface area contributed by atoms with Gasteiger partial charge in [0.2, 0.25) is 5.91 Å². The SMILES string of the molecule is CNC(=O)c1cccc(-c2ccc3ncc(-c4cccc(NC(C)=O)c4)n3n2)c1. The van der Waals surface area contributed by atoms with Crippen LogP contribution in [0.1, 0.15) is 17.3 Å². The predicted octanol–water partition coefficient (Wildman–Crippen LogP) is 3.38. The topological polar surface area (TPSA) is 88.4 Å². The molecule has 144 valence electrons. The van der Waals surface area contributed by atoms with Crippen molar-refractivity contribution < 1.29 is 9.59 Å². The number of benzene rings is 2. The summed E-state index contributed by atoms with van der Waals surface area (Å²) in [6.45, 7) is 1.47. The van der Waals surface area contributed by atoms with E-state index in [0.29, 0.717) is 16.9 Å². The Morgan fingerprint density at radius 1 is 0.966 bits per heavy atom. The van der Waals surface area contributed by atoms with E-state index < -0.39 is 0 Å². The van der Waals surface area contributed by atoms with Gasteiger partial charge in [0.05, 0.1) is 17.6 Å². The molecule has 0 radical (unpaired) electrons. The molecule has 0 aliphatic carbocycles. The lowest BCUT2D eigenvalue weighted by atomic mass is 10.1. The highest BCUT2D eigenvalue weighted by molar-refractivity contribution is 5.95. The molecule has 0 unspecified atom stereocenters. The van der Waals surface area contributed by atoms with Crippen molar-refractivity contribution in [3.05, 3.63) is 72.4 Å². The van der Waals surface area contributed by atoms with Gasteiger partial charge < -0.3 is 10.6 Å². The second-order valence-electron chi connectivity index (χ2n) is 6.55. The van der Waals surface area contributed by atoms with Gasteiger partial charge >= 0.3 is 0 Å². The zero-order chi connectivity index (χ0) is 20.4. The molecule has 0 saturated carbocycles. The summed E-state index contributed by atoms with van der Waals surface area (Å²) in [4.78, 5) is 27.7. The Bertz CT molecular complexity index is 1230. The minimum Gasteiger partial charge on any atom is -0.355 e. The molecule has 2 aromatic carbocycles. The van der Waals surface area contributed by atoms with Crippen LogP contribution in [0.3, 0.4) is 0 Å². The first-order chi connectivity index (χ1) is 14.0. The lowest BCUT2D eigenvalue weighted by molar-refractivity contribution is -0.114. The molecular weight excluding hydrogens is 366 g/mol. The van der Waals surface area contributed by atoms with Crippen LogP contribution in [0.4, 0.5) is 5.69 Å². The smallest absolute Gasteiger partial charge is 0.251 e. The van der Waals surface area contributed by atoms with Gasteiger partial charge in [-0.1, -0.05) is 24.3 Å². The van der Waals surface area contributed by atoms with E-state index in [2.05, 4.69) is 15.6 Å². The number of nitrogens with zero attached hydrogens (tertiary/aromatic N) is 3. The summed E-state index contributed by atoms with van der Waals surface area (Å²) < 4.78 is 1.76. The van der Waals surface area contributed by atoms with Gasteiger partial charge in [-0.05, 0) is 36.4 Å². The number of carbonyl (C=O) groups is 2. The highest BCUT2D eigenvalue weighted by Crippen LogP contribution is 2.25. The van der Waals surface area contributed by atoms with E-state index in [0.717, 1.165) is 22.5 Å². The van der Waals surface area contributed by atoms with E-state index in [-0.39, 0.29) is 11.8 Å². The minimum atomic E-state index is -0.147. The van der Waals surface area contributed by atoms with Crippen molar-refractivity contribution in [2.45, 2.75) is 6.92 Å². The van der Waals surface area contributed by atoms with Gasteiger partial charge in [-0.15, -0.1) is 0 Å². The average Bonchev–Trinajstić information content (AvgIpc) is 3.16. The Morgan fingerprint density at radius 3 is 2.55 bits per heavy atom. The number of carbonyl (C=O) groups excluding carboxylic acids is 2. The van der Waals surface area contributed by atoms with E-state index >= 15 is 0 Å². The average molecular weight is 385 g/mol. The molecule has 0 spiro atoms. The molecule has 0 aliphatic rings. The summed E-state index contributed by atoms with van der Waals surface area (Å²) in [5, 5.41) is 10.2. The van der Waals surface area contributed by atoms with Gasteiger partial charge in [-0.3, -0.25) is 9.59 Å². The van der Waals surface area contributed by atoms with Crippen molar-refractivity contribution in [1.82, 2.24) is 19.9 Å². The fourth-order valence-corrected chi connectivity index (χ4v) is 3.15. The first-order valence-electron chi connectivity index (χ1n) is 9.10. The molecule has 0 aliphatic heterocycles. The zero-order valence-electron chi connectivity index (χ0n) is 16.0. The standard InChI is InChI=1S/C22H19N5O2/c1-14(28)25-18-8-4-6-16(12-18)20-13-24-21-10-9-19(26-27(20)21)15-5-3-7-17(11-15)22(29)23-2/h3-13H,1-2H3,(H,23,29)(H,25,28). The molecule has 4 rings (SSSR count). The molecule has 0 bridgehead atoms. The molecule has 7 heteroatoms. The summed E-state index contributed by atoms with van der Waals surface area (Å²) in [6, 6.07) is 18.6. The highest BCUT2D eigenvalue weighted by Gasteiger charge is 2.11. The van der Waals surface area contributed by atoms with Crippen LogP contribution in [0.5, 0.6) is 0 Å². The molecule has 0 fully saturated rings. The van der Waals surface area contributed by atoms with E-state index in [9.17, 15) is 9.59 Å². The number of hydrogen-bond donors (Lipinski definition) is 2. The molecule has 2 amide bonds. The van der Waals surface area contributed by atoms with Crippen molar-refractivity contribution in [3.63, 3.8) is 0 Å². The first kappa shape index (κ1) is 18.4. The van der Waals surface area contributed by atoms with Gasteiger partial charge in [0, 0.05) is 36.3 Å². The third-order valence-electron chi connectivity index (χ3n) is 4.49. The van der Waals surface area contributed by atoms with Crippen molar-refractivity contribution in [2.24, 2.45) is 0 Å². The lowest BCUT2D eigenvalue weighted by Gasteiger charge is -2.08. The van der Waals surface area contributed by atoms with Gasteiger partial charge in [0.15, 0.2) is 5.65 Å². The van der Waals surface area contributed by atoms with Crippen LogP contribution in [-0.2, 0) is 4.79 Å². The number of nitrogens with one attached hydrogen (secondary N) is 2. The minimum absolute atomic E-state index is 0.128. The number of imidazole rings is 1. The Hall–Kier alpha value is -4.00. The largest absolute Gasteiger partial charge is 0.355 e. The molecule has 2 N–H and O–H groups in total. The van der Waals surface area contributed by atoms with Gasteiger partial charge in [0.1, 0.15) is 0 Å². The van der Waals surface area contributed by atoms with E-state index in [1.807, 2.05) is 48.5 Å². The second kappa shape index (κ2) is 7.55. The predicted molar refractivity (Wildman–Crippen MR) is 112 cm³/mol. The summed E-state index contributed by atoms with van der Waals surface area (Å²) >= 11 is 0. The zero-order valence-corrected chi connectivity index (χ0v) is 16.0. The molecular formula is C22H19N5O2. The molecule has 29 heavy (non-hydrogen) atoms. The molecule has 0 atom stereocenters. The number of anilines is 1. The van der Waals surface area contributed by atoms with Gasteiger partial charge in [-0.25, -0.2) is 9.50 Å². The number of hydrogen-bond acceptors (Lipinski definition) is 4. The van der Waals surface area contributed by atoms with Crippen LogP contribution in [0, 0.1) is 0 Å². The molecule has 7 nitrogen and oxygen atoms in total. The lowest BCUT2D eigenvalue weighted by Crippen LogP contribution is -2.17. The molecule has 2 aromatic heterocycles. The third kappa shape index (κ3) is 3.70. The third-order valence-corrected chi connectivity index (χ3v) is 4.49. The fourth-order valence-electron chi connectivity index (χ4n) is 3.15. The maximum Gasteiger partial charge on any atom is 0.251 e. The fraction of sp³-hybridized carbons (Fsp3) is 0.0909. The van der Waals surface area contributed by atoms with Gasteiger partial charge in [0.25, 0.3) is 5.91 Å². The van der Waals surface area contributed by atoms with Crippen LogP contribution in [-0.4, -0.2) is 33.5 Å². The normalized spacial score (nSPS) is 10.7. The number of fused-ring (bicyclic) bond motifs is 1. The van der Waals surface area contributed by atoms with Crippen LogP contribution in [0.15, 0.2) is 66.9 Å². The van der Waals surface area contributed by atoms with Crippen molar-refractivity contribution in [3.8, 4) is 22.5 Å². The Labute approximate surface area is 167 Å². The summed E-state index contributed by atoms with van der Waals surface area (Å²) in [7, 11) is 1.60. The Balaban J connectivity index is 1.78. The van der Waals surface area contributed by atoms with E-state index in [1.54, 1.807) is 29.9 Å². The van der Waals surface area contributed by atoms with Crippen molar-refractivity contribution in [1.29, 1.82) is 0 Å². The van der Waals surface area contributed by atoms with E-state index in [1.165, 1.54) is 6.92 Å². The maximum absolute atomic E-state index is 11.9. The van der Waals surface area contributed by atoms with Gasteiger partial charge in [-0.2, -0.15) is 5.10 Å². The number of amides is 2. The number of aromatic nitrogens is 3. The van der Waals surface area contributed by atoms with Crippen LogP contribution in [0.2, 0.25) is 0 Å². The van der Waals surface area contributed by atoms with Crippen molar-refractivity contribution in [2.75, 3.05) is 12.4 Å². The molecule has 0 saturated heterocycles. The molecule has 2 heterocycles.